The van der Waals surface area contributed by atoms with Crippen LogP contribution < -0.4 is 4.74 Å². The largest absolute Gasteiger partial charge is 0.488 e. The van der Waals surface area contributed by atoms with Crippen molar-refractivity contribution in [1.29, 1.82) is 0 Å². The Kier molecular flexibility index (Phi) is 5.77. The number of piperidine rings is 1. The Morgan fingerprint density at radius 1 is 1.04 bits per heavy atom. The van der Waals surface area contributed by atoms with Crippen LogP contribution in [0.2, 0.25) is 0 Å². The first-order valence-corrected chi connectivity index (χ1v) is 10.2. The van der Waals surface area contributed by atoms with Crippen molar-refractivity contribution in [3.63, 3.8) is 0 Å². The molecule has 0 unspecified atom stereocenters. The number of nitrogens with zero attached hydrogens (tertiary/aromatic N) is 1. The fraction of sp³-hybridized carbons (Fsp3) is 0.375. The quantitative estimate of drug-likeness (QED) is 0.739. The average molecular weight is 377 g/mol. The Morgan fingerprint density at radius 3 is 2.54 bits per heavy atom. The Labute approximate surface area is 166 Å². The van der Waals surface area contributed by atoms with Crippen LogP contribution in [0, 0.1) is 0 Å². The third-order valence-electron chi connectivity index (χ3n) is 5.60. The van der Waals surface area contributed by atoms with E-state index in [2.05, 4.69) is 47.4 Å². The minimum Gasteiger partial charge on any atom is -0.488 e. The number of likely N-dealkylation sites (tertiary alicyclic amines) is 1. The molecule has 28 heavy (non-hydrogen) atoms. The zero-order valence-electron chi connectivity index (χ0n) is 16.4. The van der Waals surface area contributed by atoms with Gasteiger partial charge in [-0.05, 0) is 35.6 Å². The molecule has 1 fully saturated rings. The molecule has 2 aliphatic heterocycles. The number of fused-ring (bicyclic) bond motifs is 2. The van der Waals surface area contributed by atoms with Gasteiger partial charge < -0.3 is 9.47 Å². The second-order valence-electron chi connectivity index (χ2n) is 7.34. The Balaban J connectivity index is 1.57. The van der Waals surface area contributed by atoms with Crippen molar-refractivity contribution in [2.45, 2.75) is 32.8 Å². The molecule has 0 aromatic heterocycles. The molecule has 2 aromatic rings. The zero-order chi connectivity index (χ0) is 19.3. The van der Waals surface area contributed by atoms with E-state index in [-0.39, 0.29) is 5.97 Å². The topological polar surface area (TPSA) is 38.8 Å². The first-order chi connectivity index (χ1) is 13.8. The fourth-order valence-electron chi connectivity index (χ4n) is 4.06. The molecule has 0 amide bonds. The molecule has 0 saturated carbocycles. The summed E-state index contributed by atoms with van der Waals surface area (Å²) in [6.07, 6.45) is 2.50. The van der Waals surface area contributed by atoms with Gasteiger partial charge in [-0.25, -0.2) is 0 Å². The van der Waals surface area contributed by atoms with Crippen molar-refractivity contribution < 1.29 is 14.3 Å². The minimum atomic E-state index is -0.119. The van der Waals surface area contributed by atoms with E-state index < -0.39 is 0 Å². The van der Waals surface area contributed by atoms with E-state index in [0.717, 1.165) is 38.2 Å². The highest BCUT2D eigenvalue weighted by atomic mass is 16.5. The van der Waals surface area contributed by atoms with Crippen LogP contribution in [0.5, 0.6) is 5.75 Å². The number of esters is 1. The normalized spacial score (nSPS) is 16.6. The smallest absolute Gasteiger partial charge is 0.305 e. The third-order valence-corrected chi connectivity index (χ3v) is 5.60. The fourth-order valence-corrected chi connectivity index (χ4v) is 4.06. The molecule has 0 radical (unpaired) electrons. The molecule has 2 aliphatic rings. The number of carbonyl (C=O) groups excluding carboxylic acids is 1. The van der Waals surface area contributed by atoms with Gasteiger partial charge in [-0.2, -0.15) is 0 Å². The maximum Gasteiger partial charge on any atom is 0.305 e. The van der Waals surface area contributed by atoms with Crippen LogP contribution in [0.1, 0.15) is 42.9 Å². The van der Waals surface area contributed by atoms with Crippen molar-refractivity contribution in [2.24, 2.45) is 0 Å². The lowest BCUT2D eigenvalue weighted by Crippen LogP contribution is -2.34. The van der Waals surface area contributed by atoms with Crippen molar-refractivity contribution in [2.75, 3.05) is 26.2 Å². The highest BCUT2D eigenvalue weighted by Crippen LogP contribution is 2.40. The van der Waals surface area contributed by atoms with Crippen molar-refractivity contribution in [3.05, 3.63) is 70.8 Å². The lowest BCUT2D eigenvalue weighted by Gasteiger charge is -2.30. The summed E-state index contributed by atoms with van der Waals surface area (Å²) in [4.78, 5) is 13.7. The third kappa shape index (κ3) is 3.97. The number of hydrogen-bond acceptors (Lipinski definition) is 4. The van der Waals surface area contributed by atoms with Crippen LogP contribution in [-0.4, -0.2) is 37.1 Å². The minimum absolute atomic E-state index is 0.119. The number of para-hydroxylation sites is 1. The van der Waals surface area contributed by atoms with Crippen LogP contribution in [0.25, 0.3) is 5.57 Å². The lowest BCUT2D eigenvalue weighted by molar-refractivity contribution is -0.143. The second-order valence-corrected chi connectivity index (χ2v) is 7.34. The molecule has 2 heterocycles. The lowest BCUT2D eigenvalue weighted by atomic mass is 9.86. The maximum absolute atomic E-state index is 11.3. The Hall–Kier alpha value is -2.59. The molecule has 0 N–H and O–H groups in total. The number of hydrogen-bond donors (Lipinski definition) is 0. The monoisotopic (exact) mass is 377 g/mol. The molecule has 0 atom stereocenters. The van der Waals surface area contributed by atoms with Gasteiger partial charge in [0.2, 0.25) is 0 Å². The van der Waals surface area contributed by atoms with Crippen molar-refractivity contribution in [1.82, 2.24) is 4.90 Å². The van der Waals surface area contributed by atoms with Gasteiger partial charge in [0.05, 0.1) is 0 Å². The summed E-state index contributed by atoms with van der Waals surface area (Å²) in [6, 6.07) is 17.0. The molecule has 0 bridgehead atoms. The molecule has 4 nitrogen and oxygen atoms in total. The Morgan fingerprint density at radius 2 is 1.75 bits per heavy atom. The van der Waals surface area contributed by atoms with E-state index in [4.69, 9.17) is 9.47 Å². The summed E-state index contributed by atoms with van der Waals surface area (Å²) >= 11 is 0. The van der Waals surface area contributed by atoms with Crippen LogP contribution in [0.3, 0.4) is 0 Å². The highest BCUT2D eigenvalue weighted by Gasteiger charge is 2.24. The SMILES string of the molecule is CCC(=O)OCCN1CCC(=C2c3ccccc3COc3ccccc32)CC1. The molecular weight excluding hydrogens is 350 g/mol. The summed E-state index contributed by atoms with van der Waals surface area (Å²) in [5.74, 6) is 0.849. The van der Waals surface area contributed by atoms with Gasteiger partial charge in [-0.1, -0.05) is 55.0 Å². The average Bonchev–Trinajstić information content (AvgIpc) is 2.91. The summed E-state index contributed by atoms with van der Waals surface area (Å²) in [7, 11) is 0. The van der Waals surface area contributed by atoms with Crippen molar-refractivity contribution >= 4 is 11.5 Å². The van der Waals surface area contributed by atoms with Gasteiger partial charge >= 0.3 is 5.97 Å². The van der Waals surface area contributed by atoms with E-state index in [1.807, 2.05) is 13.0 Å². The molecule has 2 aromatic carbocycles. The van der Waals surface area contributed by atoms with Gasteiger partial charge in [-0.3, -0.25) is 9.69 Å². The standard InChI is InChI=1S/C24H27NO3/c1-2-23(26)27-16-15-25-13-11-18(12-14-25)24-20-8-4-3-7-19(20)17-28-22-10-6-5-9-21(22)24/h3-10H,2,11-17H2,1H3. The molecule has 4 heteroatoms. The van der Waals surface area contributed by atoms with Crippen LogP contribution in [0.15, 0.2) is 54.1 Å². The van der Waals surface area contributed by atoms with Gasteiger partial charge in [0.1, 0.15) is 19.0 Å². The van der Waals surface area contributed by atoms with Gasteiger partial charge in [0.15, 0.2) is 0 Å². The summed E-state index contributed by atoms with van der Waals surface area (Å²) < 4.78 is 11.3. The maximum atomic E-state index is 11.3. The summed E-state index contributed by atoms with van der Waals surface area (Å²) in [6.45, 7) is 5.72. The summed E-state index contributed by atoms with van der Waals surface area (Å²) in [5, 5.41) is 0. The number of rotatable bonds is 4. The van der Waals surface area contributed by atoms with Gasteiger partial charge in [0, 0.05) is 31.6 Å². The van der Waals surface area contributed by atoms with Crippen LogP contribution >= 0.6 is 0 Å². The van der Waals surface area contributed by atoms with E-state index in [1.54, 1.807) is 0 Å². The van der Waals surface area contributed by atoms with Crippen LogP contribution in [-0.2, 0) is 16.1 Å². The predicted octanol–water partition coefficient (Wildman–Crippen LogP) is 4.43. The van der Waals surface area contributed by atoms with Crippen molar-refractivity contribution in [3.8, 4) is 5.75 Å². The number of carbonyl (C=O) groups is 1. The molecular formula is C24H27NO3. The first-order valence-electron chi connectivity index (χ1n) is 10.2. The van der Waals surface area contributed by atoms with Gasteiger partial charge in [0.25, 0.3) is 0 Å². The van der Waals surface area contributed by atoms with Crippen LogP contribution in [0.4, 0.5) is 0 Å². The van der Waals surface area contributed by atoms with E-state index >= 15 is 0 Å². The number of benzene rings is 2. The first kappa shape index (κ1) is 18.8. The predicted molar refractivity (Wildman–Crippen MR) is 110 cm³/mol. The summed E-state index contributed by atoms with van der Waals surface area (Å²) in [5.41, 5.74) is 6.59. The van der Waals surface area contributed by atoms with Gasteiger partial charge in [-0.15, -0.1) is 0 Å². The Bertz CT molecular complexity index is 827. The molecule has 4 rings (SSSR count). The second kappa shape index (κ2) is 8.61. The van der Waals surface area contributed by atoms with E-state index in [9.17, 15) is 4.79 Å². The molecule has 146 valence electrons. The highest BCUT2D eigenvalue weighted by molar-refractivity contribution is 5.87. The number of ether oxygens (including phenoxy) is 2. The molecule has 0 aliphatic carbocycles. The van der Waals surface area contributed by atoms with E-state index in [1.165, 1.54) is 27.8 Å². The molecule has 1 saturated heterocycles. The molecule has 0 spiro atoms. The van der Waals surface area contributed by atoms with E-state index in [0.29, 0.717) is 19.6 Å². The zero-order valence-corrected chi connectivity index (χ0v) is 16.4.